The average molecular weight is 216 g/mol. The topological polar surface area (TPSA) is 88.2 Å². The quantitative estimate of drug-likeness (QED) is 0.353. The van der Waals surface area contributed by atoms with Crippen molar-refractivity contribution >= 4 is 5.97 Å². The van der Waals surface area contributed by atoms with E-state index in [9.17, 15) is 9.59 Å². The second-order valence-corrected chi connectivity index (χ2v) is 2.99. The predicted octanol–water partition coefficient (Wildman–Crippen LogP) is -1.55. The number of carbonyl (C=O) groups excluding carboxylic acids is 1. The van der Waals surface area contributed by atoms with Crippen molar-refractivity contribution < 1.29 is 18.7 Å². The van der Waals surface area contributed by atoms with Crippen LogP contribution >= 0.6 is 0 Å². The molecule has 0 aromatic carbocycles. The van der Waals surface area contributed by atoms with Gasteiger partial charge >= 0.3 is 17.3 Å². The van der Waals surface area contributed by atoms with Gasteiger partial charge in [0.2, 0.25) is 0 Å². The van der Waals surface area contributed by atoms with Gasteiger partial charge in [0, 0.05) is 6.54 Å². The lowest BCUT2D eigenvalue weighted by Crippen LogP contribution is -2.39. The number of aryl methyl sites for hydroxylation is 1. The van der Waals surface area contributed by atoms with Crippen LogP contribution in [0.4, 0.5) is 0 Å². The van der Waals surface area contributed by atoms with Gasteiger partial charge < -0.3 is 10.1 Å². The Morgan fingerprint density at radius 3 is 2.93 bits per heavy atom. The molecule has 0 amide bonds. The summed E-state index contributed by atoms with van der Waals surface area (Å²) in [6.45, 7) is 0.802. The van der Waals surface area contributed by atoms with Crippen LogP contribution in [0.25, 0.3) is 0 Å². The summed E-state index contributed by atoms with van der Waals surface area (Å²) >= 11 is 0. The Morgan fingerprint density at radius 2 is 2.40 bits per heavy atom. The van der Waals surface area contributed by atoms with E-state index in [1.165, 1.54) is 11.8 Å². The SMILES string of the molecule is COC(=O)CCNCc1c(=O)o[nH][n+]1C. The third-order valence-electron chi connectivity index (χ3n) is 1.94. The molecule has 0 fully saturated rings. The monoisotopic (exact) mass is 216 g/mol. The third-order valence-corrected chi connectivity index (χ3v) is 1.94. The van der Waals surface area contributed by atoms with E-state index in [0.29, 0.717) is 18.8 Å². The Balaban J connectivity index is 2.32. The number of hydrogen-bond donors (Lipinski definition) is 2. The van der Waals surface area contributed by atoms with Crippen LogP contribution in [0.3, 0.4) is 0 Å². The molecule has 7 heteroatoms. The predicted molar refractivity (Wildman–Crippen MR) is 48.8 cm³/mol. The number of carbonyl (C=O) groups is 1. The number of nitrogens with one attached hydrogen (secondary N) is 2. The molecule has 0 aliphatic rings. The lowest BCUT2D eigenvalue weighted by Gasteiger charge is -1.98. The van der Waals surface area contributed by atoms with Gasteiger partial charge in [-0.05, 0) is 5.27 Å². The maximum Gasteiger partial charge on any atom is 0.431 e. The van der Waals surface area contributed by atoms with Gasteiger partial charge in [-0.1, -0.05) is 4.68 Å². The molecule has 0 saturated heterocycles. The molecular formula is C8H14N3O4+. The number of ether oxygens (including phenoxy) is 1. The molecule has 15 heavy (non-hydrogen) atoms. The second-order valence-electron chi connectivity index (χ2n) is 2.99. The van der Waals surface area contributed by atoms with Crippen molar-refractivity contribution in [3.05, 3.63) is 16.1 Å². The first kappa shape index (κ1) is 11.4. The Hall–Kier alpha value is -1.63. The van der Waals surface area contributed by atoms with Crippen molar-refractivity contribution in [1.82, 2.24) is 10.6 Å². The van der Waals surface area contributed by atoms with Gasteiger partial charge in [0.05, 0.1) is 20.1 Å². The standard InChI is InChI=1S/C8H13N3O4/c1-11-6(8(13)15-10-11)5-9-4-3-7(12)14-2/h9H,3-5H2,1-2H3/p+1. The number of esters is 1. The zero-order chi connectivity index (χ0) is 11.3. The molecule has 0 aliphatic carbocycles. The highest BCUT2D eigenvalue weighted by Gasteiger charge is 2.15. The molecule has 0 saturated carbocycles. The highest BCUT2D eigenvalue weighted by molar-refractivity contribution is 5.69. The molecule has 2 N–H and O–H groups in total. The Kier molecular flexibility index (Phi) is 4.04. The summed E-state index contributed by atoms with van der Waals surface area (Å²) in [5.41, 5.74) is 0.0583. The minimum absolute atomic E-state index is 0.274. The van der Waals surface area contributed by atoms with E-state index in [4.69, 9.17) is 0 Å². The first-order valence-electron chi connectivity index (χ1n) is 4.49. The van der Waals surface area contributed by atoms with Crippen molar-refractivity contribution in [2.75, 3.05) is 13.7 Å². The molecule has 0 spiro atoms. The Labute approximate surface area is 86.0 Å². The van der Waals surface area contributed by atoms with E-state index in [2.05, 4.69) is 19.8 Å². The molecule has 1 aromatic rings. The van der Waals surface area contributed by atoms with Gasteiger partial charge in [0.15, 0.2) is 7.05 Å². The summed E-state index contributed by atoms with van der Waals surface area (Å²) in [5.74, 6) is -0.284. The van der Waals surface area contributed by atoms with Crippen LogP contribution in [0.2, 0.25) is 0 Å². The van der Waals surface area contributed by atoms with Crippen LogP contribution in [0.5, 0.6) is 0 Å². The molecule has 0 radical (unpaired) electrons. The normalized spacial score (nSPS) is 10.3. The summed E-state index contributed by atoms with van der Waals surface area (Å²) in [6, 6.07) is 0. The van der Waals surface area contributed by atoms with Gasteiger partial charge in [-0.15, -0.1) is 0 Å². The van der Waals surface area contributed by atoms with Crippen molar-refractivity contribution in [3.63, 3.8) is 0 Å². The smallest absolute Gasteiger partial charge is 0.431 e. The van der Waals surface area contributed by atoms with Crippen LogP contribution < -0.4 is 15.6 Å². The Bertz CT molecular complexity index is 381. The van der Waals surface area contributed by atoms with E-state index in [0.717, 1.165) is 0 Å². The summed E-state index contributed by atoms with van der Waals surface area (Å²) in [7, 11) is 3.01. The summed E-state index contributed by atoms with van der Waals surface area (Å²) in [6.07, 6.45) is 0.274. The van der Waals surface area contributed by atoms with Gasteiger partial charge in [0.1, 0.15) is 0 Å². The molecule has 0 atom stereocenters. The van der Waals surface area contributed by atoms with Crippen LogP contribution in [0.15, 0.2) is 9.32 Å². The van der Waals surface area contributed by atoms with Crippen molar-refractivity contribution in [2.24, 2.45) is 7.05 Å². The molecular weight excluding hydrogens is 202 g/mol. The summed E-state index contributed by atoms with van der Waals surface area (Å²) in [5, 5.41) is 5.33. The third kappa shape index (κ3) is 3.21. The average Bonchev–Trinajstić information content (AvgIpc) is 2.54. The van der Waals surface area contributed by atoms with E-state index in [1.54, 1.807) is 7.05 Å². The van der Waals surface area contributed by atoms with Crippen molar-refractivity contribution in [1.29, 1.82) is 0 Å². The molecule has 84 valence electrons. The zero-order valence-electron chi connectivity index (χ0n) is 8.70. The number of methoxy groups -OCH3 is 1. The molecule has 1 heterocycles. The van der Waals surface area contributed by atoms with E-state index in [1.807, 2.05) is 0 Å². The van der Waals surface area contributed by atoms with E-state index < -0.39 is 5.63 Å². The van der Waals surface area contributed by atoms with Crippen molar-refractivity contribution in [2.45, 2.75) is 13.0 Å². The summed E-state index contributed by atoms with van der Waals surface area (Å²) < 4.78 is 10.5. The van der Waals surface area contributed by atoms with Crippen LogP contribution in [0.1, 0.15) is 12.1 Å². The van der Waals surface area contributed by atoms with E-state index >= 15 is 0 Å². The lowest BCUT2D eigenvalue weighted by atomic mass is 10.4. The number of H-pyrrole nitrogens is 1. The first-order valence-corrected chi connectivity index (χ1v) is 4.49. The minimum atomic E-state index is -0.414. The molecule has 1 aromatic heterocycles. The van der Waals surface area contributed by atoms with Gasteiger partial charge in [-0.2, -0.15) is 0 Å². The molecule has 7 nitrogen and oxygen atoms in total. The molecule has 0 bridgehead atoms. The highest BCUT2D eigenvalue weighted by atomic mass is 16.5. The fourth-order valence-electron chi connectivity index (χ4n) is 1.05. The van der Waals surface area contributed by atoms with Gasteiger partial charge in [-0.3, -0.25) is 9.32 Å². The minimum Gasteiger partial charge on any atom is -0.469 e. The maximum atomic E-state index is 11.1. The van der Waals surface area contributed by atoms with E-state index in [-0.39, 0.29) is 12.4 Å². The van der Waals surface area contributed by atoms with Crippen LogP contribution in [-0.2, 0) is 23.1 Å². The fourth-order valence-corrected chi connectivity index (χ4v) is 1.05. The second kappa shape index (κ2) is 5.30. The fraction of sp³-hybridized carbons (Fsp3) is 0.625. The van der Waals surface area contributed by atoms with Gasteiger partial charge in [-0.25, -0.2) is 4.79 Å². The molecule has 1 rings (SSSR count). The number of nitrogens with zero attached hydrogens (tertiary/aromatic N) is 1. The lowest BCUT2D eigenvalue weighted by molar-refractivity contribution is -0.746. The highest BCUT2D eigenvalue weighted by Crippen LogP contribution is 1.83. The van der Waals surface area contributed by atoms with Crippen LogP contribution in [0, 0.1) is 0 Å². The number of rotatable bonds is 5. The number of aromatic amines is 1. The van der Waals surface area contributed by atoms with Crippen LogP contribution in [-0.4, -0.2) is 24.9 Å². The largest absolute Gasteiger partial charge is 0.469 e. The first-order chi connectivity index (χ1) is 7.15. The molecule has 0 unspecified atom stereocenters. The molecule has 0 aliphatic heterocycles. The van der Waals surface area contributed by atoms with Gasteiger partial charge in [0.25, 0.3) is 0 Å². The van der Waals surface area contributed by atoms with Crippen molar-refractivity contribution in [3.8, 4) is 0 Å². The number of hydrogen-bond acceptors (Lipinski definition) is 5. The Morgan fingerprint density at radius 1 is 1.67 bits per heavy atom. The number of aromatic nitrogens is 2. The zero-order valence-corrected chi connectivity index (χ0v) is 8.70. The summed E-state index contributed by atoms with van der Waals surface area (Å²) in [4.78, 5) is 21.8. The maximum absolute atomic E-state index is 11.1.